The summed E-state index contributed by atoms with van der Waals surface area (Å²) >= 11 is 0. The Bertz CT molecular complexity index is 186. The van der Waals surface area contributed by atoms with Crippen LogP contribution in [-0.4, -0.2) is 23.9 Å². The molecule has 2 nitrogen and oxygen atoms in total. The highest BCUT2D eigenvalue weighted by atomic mass is 16.6. The number of ether oxygens (including phenoxy) is 1. The van der Waals surface area contributed by atoms with E-state index in [1.54, 1.807) is 0 Å². The Hall–Kier alpha value is -0.340. The van der Waals surface area contributed by atoms with Gasteiger partial charge in [0.05, 0.1) is 6.10 Å². The van der Waals surface area contributed by atoms with Crippen LogP contribution in [0, 0.1) is 0 Å². The van der Waals surface area contributed by atoms with E-state index >= 15 is 0 Å². The van der Waals surface area contributed by atoms with Crippen LogP contribution in [0.5, 0.6) is 0 Å². The van der Waals surface area contributed by atoms with E-state index in [0.29, 0.717) is 12.2 Å². The van der Waals surface area contributed by atoms with Gasteiger partial charge < -0.3 is 9.84 Å². The van der Waals surface area contributed by atoms with Crippen LogP contribution in [-0.2, 0) is 4.74 Å². The highest BCUT2D eigenvalue weighted by Crippen LogP contribution is 2.36. The standard InChI is InChI=1S/C10H16O2/c11-7-6-9-10(12-9)8-4-2-1-3-5-8/h4,9-11H,1-3,5-7H2. The zero-order chi connectivity index (χ0) is 8.39. The summed E-state index contributed by atoms with van der Waals surface area (Å²) in [6.07, 6.45) is 8.93. The lowest BCUT2D eigenvalue weighted by Gasteiger charge is -2.09. The summed E-state index contributed by atoms with van der Waals surface area (Å²) in [5.41, 5.74) is 1.49. The second kappa shape index (κ2) is 3.58. The molecule has 1 fully saturated rings. The van der Waals surface area contributed by atoms with Gasteiger partial charge in [-0.25, -0.2) is 0 Å². The Kier molecular flexibility index (Phi) is 2.47. The van der Waals surface area contributed by atoms with E-state index in [9.17, 15) is 0 Å². The number of hydrogen-bond donors (Lipinski definition) is 1. The van der Waals surface area contributed by atoms with Crippen molar-refractivity contribution in [2.75, 3.05) is 6.61 Å². The molecule has 0 bridgehead atoms. The van der Waals surface area contributed by atoms with E-state index < -0.39 is 0 Å². The average molecular weight is 168 g/mol. The topological polar surface area (TPSA) is 32.8 Å². The molecule has 1 heterocycles. The summed E-state index contributed by atoms with van der Waals surface area (Å²) in [4.78, 5) is 0. The number of aliphatic hydroxyl groups is 1. The summed E-state index contributed by atoms with van der Waals surface area (Å²) in [5.74, 6) is 0. The summed E-state index contributed by atoms with van der Waals surface area (Å²) in [6, 6.07) is 0. The summed E-state index contributed by atoms with van der Waals surface area (Å²) in [5, 5.41) is 8.69. The Morgan fingerprint density at radius 2 is 2.42 bits per heavy atom. The van der Waals surface area contributed by atoms with Crippen molar-refractivity contribution in [3.05, 3.63) is 11.6 Å². The molecule has 0 aromatic rings. The van der Waals surface area contributed by atoms with E-state index in [1.807, 2.05) is 0 Å². The van der Waals surface area contributed by atoms with Crippen molar-refractivity contribution >= 4 is 0 Å². The van der Waals surface area contributed by atoms with Crippen molar-refractivity contribution in [1.29, 1.82) is 0 Å². The fraction of sp³-hybridized carbons (Fsp3) is 0.800. The first-order valence-electron chi connectivity index (χ1n) is 4.87. The summed E-state index contributed by atoms with van der Waals surface area (Å²) < 4.78 is 5.47. The van der Waals surface area contributed by atoms with Crippen molar-refractivity contribution in [2.24, 2.45) is 0 Å². The number of hydrogen-bond acceptors (Lipinski definition) is 2. The molecule has 0 aromatic heterocycles. The van der Waals surface area contributed by atoms with Crippen molar-refractivity contribution in [2.45, 2.75) is 44.3 Å². The molecule has 0 saturated carbocycles. The maximum atomic E-state index is 8.69. The maximum absolute atomic E-state index is 8.69. The molecule has 1 aliphatic heterocycles. The first-order chi connectivity index (χ1) is 5.92. The van der Waals surface area contributed by atoms with Gasteiger partial charge in [-0.2, -0.15) is 0 Å². The third kappa shape index (κ3) is 1.70. The monoisotopic (exact) mass is 168 g/mol. The first kappa shape index (κ1) is 8.27. The largest absolute Gasteiger partial charge is 0.396 e. The van der Waals surface area contributed by atoms with Crippen molar-refractivity contribution in [3.8, 4) is 0 Å². The van der Waals surface area contributed by atoms with Gasteiger partial charge >= 0.3 is 0 Å². The molecular weight excluding hydrogens is 152 g/mol. The molecule has 0 amide bonds. The molecule has 68 valence electrons. The Morgan fingerprint density at radius 1 is 1.50 bits per heavy atom. The maximum Gasteiger partial charge on any atom is 0.105 e. The quantitative estimate of drug-likeness (QED) is 0.513. The lowest BCUT2D eigenvalue weighted by atomic mass is 9.95. The molecule has 0 aromatic carbocycles. The minimum absolute atomic E-state index is 0.258. The van der Waals surface area contributed by atoms with E-state index in [0.717, 1.165) is 6.42 Å². The van der Waals surface area contributed by atoms with Gasteiger partial charge in [0.2, 0.25) is 0 Å². The smallest absolute Gasteiger partial charge is 0.105 e. The van der Waals surface area contributed by atoms with Crippen LogP contribution < -0.4 is 0 Å². The second-order valence-electron chi connectivity index (χ2n) is 3.63. The van der Waals surface area contributed by atoms with Gasteiger partial charge in [0.15, 0.2) is 0 Å². The van der Waals surface area contributed by atoms with E-state index in [1.165, 1.54) is 31.3 Å². The van der Waals surface area contributed by atoms with Crippen LogP contribution in [0.1, 0.15) is 32.1 Å². The Balaban J connectivity index is 1.83. The minimum Gasteiger partial charge on any atom is -0.396 e. The van der Waals surface area contributed by atoms with Gasteiger partial charge in [-0.15, -0.1) is 0 Å². The predicted molar refractivity (Wildman–Crippen MR) is 46.9 cm³/mol. The van der Waals surface area contributed by atoms with Gasteiger partial charge in [0.25, 0.3) is 0 Å². The van der Waals surface area contributed by atoms with Crippen LogP contribution in [0.25, 0.3) is 0 Å². The minimum atomic E-state index is 0.258. The van der Waals surface area contributed by atoms with E-state index in [-0.39, 0.29) is 6.61 Å². The Labute approximate surface area is 73.2 Å². The number of epoxide rings is 1. The lowest BCUT2D eigenvalue weighted by molar-refractivity contribution is 0.263. The van der Waals surface area contributed by atoms with Gasteiger partial charge in [-0.1, -0.05) is 6.08 Å². The molecule has 2 heteroatoms. The molecule has 2 rings (SSSR count). The number of aliphatic hydroxyl groups excluding tert-OH is 1. The Morgan fingerprint density at radius 3 is 3.08 bits per heavy atom. The lowest BCUT2D eigenvalue weighted by Crippen LogP contribution is -2.03. The number of rotatable bonds is 3. The molecule has 1 N–H and O–H groups in total. The van der Waals surface area contributed by atoms with Crippen LogP contribution >= 0.6 is 0 Å². The second-order valence-corrected chi connectivity index (χ2v) is 3.63. The van der Waals surface area contributed by atoms with Crippen LogP contribution in [0.4, 0.5) is 0 Å². The fourth-order valence-electron chi connectivity index (χ4n) is 1.94. The highest BCUT2D eigenvalue weighted by molar-refractivity contribution is 5.18. The zero-order valence-corrected chi connectivity index (χ0v) is 7.33. The molecule has 1 saturated heterocycles. The predicted octanol–water partition coefficient (Wildman–Crippen LogP) is 1.64. The van der Waals surface area contributed by atoms with Gasteiger partial charge in [0, 0.05) is 6.61 Å². The van der Waals surface area contributed by atoms with E-state index in [2.05, 4.69) is 6.08 Å². The van der Waals surface area contributed by atoms with Gasteiger partial charge in [-0.05, 0) is 37.7 Å². The van der Waals surface area contributed by atoms with Gasteiger partial charge in [-0.3, -0.25) is 0 Å². The molecule has 2 aliphatic rings. The molecule has 12 heavy (non-hydrogen) atoms. The molecular formula is C10H16O2. The van der Waals surface area contributed by atoms with Crippen molar-refractivity contribution in [1.82, 2.24) is 0 Å². The van der Waals surface area contributed by atoms with Crippen molar-refractivity contribution in [3.63, 3.8) is 0 Å². The first-order valence-corrected chi connectivity index (χ1v) is 4.87. The van der Waals surface area contributed by atoms with Crippen LogP contribution in [0.3, 0.4) is 0 Å². The molecule has 2 atom stereocenters. The molecule has 2 unspecified atom stereocenters. The van der Waals surface area contributed by atoms with Crippen molar-refractivity contribution < 1.29 is 9.84 Å². The fourth-order valence-corrected chi connectivity index (χ4v) is 1.94. The molecule has 0 radical (unpaired) electrons. The molecule has 1 aliphatic carbocycles. The average Bonchev–Trinajstić information content (AvgIpc) is 2.87. The normalized spacial score (nSPS) is 34.6. The third-order valence-electron chi connectivity index (χ3n) is 2.69. The van der Waals surface area contributed by atoms with Gasteiger partial charge in [0.1, 0.15) is 6.10 Å². The third-order valence-corrected chi connectivity index (χ3v) is 2.69. The van der Waals surface area contributed by atoms with Crippen LogP contribution in [0.2, 0.25) is 0 Å². The van der Waals surface area contributed by atoms with Crippen LogP contribution in [0.15, 0.2) is 11.6 Å². The molecule has 0 spiro atoms. The summed E-state index contributed by atoms with van der Waals surface area (Å²) in [7, 11) is 0. The van der Waals surface area contributed by atoms with E-state index in [4.69, 9.17) is 9.84 Å². The highest BCUT2D eigenvalue weighted by Gasteiger charge is 2.40. The summed E-state index contributed by atoms with van der Waals surface area (Å²) in [6.45, 7) is 0.258. The zero-order valence-electron chi connectivity index (χ0n) is 7.33. The SMILES string of the molecule is OCCC1OC1C1=CCCCC1. The number of allylic oxidation sites excluding steroid dienone is 1.